The van der Waals surface area contributed by atoms with Gasteiger partial charge in [-0.25, -0.2) is 0 Å². The van der Waals surface area contributed by atoms with Crippen molar-refractivity contribution in [3.63, 3.8) is 0 Å². The number of aromatic amines is 1. The first kappa shape index (κ1) is 11.7. The molecule has 3 heterocycles. The van der Waals surface area contributed by atoms with Gasteiger partial charge in [0.25, 0.3) is 0 Å². The van der Waals surface area contributed by atoms with Crippen molar-refractivity contribution < 1.29 is 4.42 Å². The highest BCUT2D eigenvalue weighted by molar-refractivity contribution is 8.00. The third-order valence-corrected chi connectivity index (χ3v) is 7.94. The first-order valence-electron chi connectivity index (χ1n) is 7.24. The first-order valence-corrected chi connectivity index (χ1v) is 8.94. The minimum absolute atomic E-state index is 0.0753. The second-order valence-electron chi connectivity index (χ2n) is 6.19. The number of thiazole rings is 1. The number of hydrogen-bond acceptors (Lipinski definition) is 4. The molecule has 1 N–H and O–H groups in total. The lowest BCUT2D eigenvalue weighted by molar-refractivity contribution is 0.283. The van der Waals surface area contributed by atoms with E-state index in [1.807, 2.05) is 17.8 Å². The maximum absolute atomic E-state index is 11.8. The standard InChI is InChI=1S/C15H15NO2S2/c17-15-16-14-13(20-15)11(9-2-1-5-18-9)10-7-3-4-8(6-7)12(10)19-14/h1-2,5,7-8,10-12H,3-4,6H2,(H,16,17)/t7-,8-,10-,11+,12-/m0/s1. The van der Waals surface area contributed by atoms with E-state index >= 15 is 0 Å². The lowest BCUT2D eigenvalue weighted by atomic mass is 9.77. The maximum atomic E-state index is 11.8. The van der Waals surface area contributed by atoms with E-state index in [-0.39, 0.29) is 4.87 Å². The summed E-state index contributed by atoms with van der Waals surface area (Å²) in [7, 11) is 0. The van der Waals surface area contributed by atoms with Crippen molar-refractivity contribution in [2.24, 2.45) is 17.8 Å². The fourth-order valence-corrected chi connectivity index (χ4v) is 7.51. The predicted molar refractivity (Wildman–Crippen MR) is 79.5 cm³/mol. The van der Waals surface area contributed by atoms with Crippen LogP contribution in [0.15, 0.2) is 32.6 Å². The average Bonchev–Trinajstić information content (AvgIpc) is 3.19. The van der Waals surface area contributed by atoms with Crippen molar-refractivity contribution in [3.8, 4) is 0 Å². The van der Waals surface area contributed by atoms with Crippen molar-refractivity contribution in [3.05, 3.63) is 38.7 Å². The van der Waals surface area contributed by atoms with Gasteiger partial charge in [0.15, 0.2) is 0 Å². The van der Waals surface area contributed by atoms with Crippen LogP contribution in [0.4, 0.5) is 0 Å². The number of hydrogen-bond donors (Lipinski definition) is 1. The summed E-state index contributed by atoms with van der Waals surface area (Å²) in [6.45, 7) is 0. The van der Waals surface area contributed by atoms with Crippen LogP contribution in [0.2, 0.25) is 0 Å². The van der Waals surface area contributed by atoms with Crippen molar-refractivity contribution in [1.29, 1.82) is 0 Å². The van der Waals surface area contributed by atoms with Crippen LogP contribution in [-0.2, 0) is 0 Å². The minimum Gasteiger partial charge on any atom is -0.469 e. The Hall–Kier alpha value is -0.940. The van der Waals surface area contributed by atoms with Crippen LogP contribution in [0, 0.1) is 17.8 Å². The molecule has 3 nitrogen and oxygen atoms in total. The molecule has 0 aromatic carbocycles. The second-order valence-corrected chi connectivity index (χ2v) is 8.40. The van der Waals surface area contributed by atoms with E-state index in [1.165, 1.54) is 35.5 Å². The van der Waals surface area contributed by atoms with Crippen molar-refractivity contribution >= 4 is 23.1 Å². The molecule has 2 aliphatic carbocycles. The molecule has 2 bridgehead atoms. The van der Waals surface area contributed by atoms with E-state index in [0.29, 0.717) is 17.1 Å². The summed E-state index contributed by atoms with van der Waals surface area (Å²) in [5, 5.41) is 1.77. The highest BCUT2D eigenvalue weighted by Crippen LogP contribution is 2.63. The number of H-pyrrole nitrogens is 1. The molecule has 2 aromatic rings. The molecular weight excluding hydrogens is 290 g/mol. The van der Waals surface area contributed by atoms with Gasteiger partial charge in [-0.05, 0) is 49.1 Å². The molecule has 0 unspecified atom stereocenters. The number of aromatic nitrogens is 1. The topological polar surface area (TPSA) is 46.0 Å². The van der Waals surface area contributed by atoms with E-state index in [2.05, 4.69) is 11.1 Å². The van der Waals surface area contributed by atoms with Crippen LogP contribution in [0.25, 0.3) is 0 Å². The van der Waals surface area contributed by atoms with Gasteiger partial charge in [0.2, 0.25) is 0 Å². The molecule has 5 rings (SSSR count). The van der Waals surface area contributed by atoms with E-state index in [9.17, 15) is 4.79 Å². The van der Waals surface area contributed by atoms with Crippen molar-refractivity contribution in [1.82, 2.24) is 4.98 Å². The molecule has 0 amide bonds. The Bertz CT molecular complexity index is 702. The average molecular weight is 305 g/mol. The predicted octanol–water partition coefficient (Wildman–Crippen LogP) is 3.68. The molecule has 104 valence electrons. The molecule has 2 aromatic heterocycles. The molecule has 0 spiro atoms. The zero-order chi connectivity index (χ0) is 13.3. The fraction of sp³-hybridized carbons (Fsp3) is 0.533. The van der Waals surface area contributed by atoms with E-state index < -0.39 is 0 Å². The summed E-state index contributed by atoms with van der Waals surface area (Å²) in [6, 6.07) is 4.05. The minimum atomic E-state index is 0.0753. The van der Waals surface area contributed by atoms with Gasteiger partial charge < -0.3 is 9.40 Å². The molecule has 5 heteroatoms. The molecule has 5 atom stereocenters. The van der Waals surface area contributed by atoms with Gasteiger partial charge in [0.05, 0.1) is 22.1 Å². The van der Waals surface area contributed by atoms with Gasteiger partial charge in [0.1, 0.15) is 5.76 Å². The lowest BCUT2D eigenvalue weighted by Crippen LogP contribution is -2.33. The molecule has 2 fully saturated rings. The van der Waals surface area contributed by atoms with Crippen LogP contribution in [-0.4, -0.2) is 10.2 Å². The number of nitrogens with one attached hydrogen (secondary N) is 1. The number of thioether (sulfide) groups is 1. The maximum Gasteiger partial charge on any atom is 0.305 e. The largest absolute Gasteiger partial charge is 0.469 e. The molecule has 2 saturated carbocycles. The lowest BCUT2D eigenvalue weighted by Gasteiger charge is -2.38. The van der Waals surface area contributed by atoms with Crippen LogP contribution < -0.4 is 4.87 Å². The second kappa shape index (κ2) is 4.04. The highest BCUT2D eigenvalue weighted by atomic mass is 32.2. The van der Waals surface area contributed by atoms with E-state index in [1.54, 1.807) is 6.26 Å². The third-order valence-electron chi connectivity index (χ3n) is 5.32. The third kappa shape index (κ3) is 1.45. The van der Waals surface area contributed by atoms with Crippen LogP contribution in [0.3, 0.4) is 0 Å². The summed E-state index contributed by atoms with van der Waals surface area (Å²) in [5.74, 6) is 3.65. The normalized spacial score (nSPS) is 37.9. The van der Waals surface area contributed by atoms with Crippen molar-refractivity contribution in [2.75, 3.05) is 0 Å². The smallest absolute Gasteiger partial charge is 0.305 e. The molecule has 20 heavy (non-hydrogen) atoms. The zero-order valence-electron chi connectivity index (χ0n) is 10.9. The van der Waals surface area contributed by atoms with Crippen LogP contribution in [0.1, 0.15) is 35.8 Å². The molecular formula is C15H15NO2S2. The zero-order valence-corrected chi connectivity index (χ0v) is 12.5. The Morgan fingerprint density at radius 2 is 2.20 bits per heavy atom. The summed E-state index contributed by atoms with van der Waals surface area (Å²) in [6.07, 6.45) is 5.86. The van der Waals surface area contributed by atoms with Gasteiger partial charge in [0, 0.05) is 5.25 Å². The Labute approximate surface area is 124 Å². The summed E-state index contributed by atoms with van der Waals surface area (Å²) < 4.78 is 5.74. The van der Waals surface area contributed by atoms with Gasteiger partial charge in [-0.2, -0.15) is 0 Å². The summed E-state index contributed by atoms with van der Waals surface area (Å²) in [4.78, 5) is 16.1. The van der Waals surface area contributed by atoms with Gasteiger partial charge in [-0.15, -0.1) is 11.8 Å². The quantitative estimate of drug-likeness (QED) is 0.874. The fourth-order valence-electron chi connectivity index (χ4n) is 4.64. The monoisotopic (exact) mass is 305 g/mol. The highest BCUT2D eigenvalue weighted by Gasteiger charge is 2.55. The van der Waals surface area contributed by atoms with Crippen molar-refractivity contribution in [2.45, 2.75) is 35.5 Å². The Kier molecular flexibility index (Phi) is 2.36. The molecule has 3 aliphatic rings. The summed E-state index contributed by atoms with van der Waals surface area (Å²) >= 11 is 3.31. The van der Waals surface area contributed by atoms with Gasteiger partial charge >= 0.3 is 4.87 Å². The Morgan fingerprint density at radius 1 is 1.30 bits per heavy atom. The summed E-state index contributed by atoms with van der Waals surface area (Å²) in [5.41, 5.74) is 0. The number of fused-ring (bicyclic) bond motifs is 6. The van der Waals surface area contributed by atoms with Crippen LogP contribution in [0.5, 0.6) is 0 Å². The molecule has 0 radical (unpaired) electrons. The first-order chi connectivity index (χ1) is 9.81. The van der Waals surface area contributed by atoms with E-state index in [4.69, 9.17) is 4.42 Å². The van der Waals surface area contributed by atoms with Crippen LogP contribution >= 0.6 is 23.1 Å². The SMILES string of the molecule is O=c1[nH]c2c(s1)[C@H](c1ccco1)[C@@H]1[C@H]3CC[C@@H](C3)[C@@H]1S2. The van der Waals surface area contributed by atoms with Gasteiger partial charge in [-0.1, -0.05) is 11.3 Å². The number of rotatable bonds is 1. The molecule has 1 aliphatic heterocycles. The Morgan fingerprint density at radius 3 is 3.05 bits per heavy atom. The molecule has 0 saturated heterocycles. The van der Waals surface area contributed by atoms with Gasteiger partial charge in [-0.3, -0.25) is 4.79 Å². The number of furan rings is 1. The van der Waals surface area contributed by atoms with E-state index in [0.717, 1.165) is 22.6 Å². The Balaban J connectivity index is 1.71.